The van der Waals surface area contributed by atoms with Gasteiger partial charge < -0.3 is 5.32 Å². The molecule has 0 aromatic heterocycles. The zero-order chi connectivity index (χ0) is 10.0. The van der Waals surface area contributed by atoms with E-state index in [4.69, 9.17) is 0 Å². The van der Waals surface area contributed by atoms with Gasteiger partial charge in [0, 0.05) is 11.6 Å². The van der Waals surface area contributed by atoms with Crippen molar-refractivity contribution in [3.05, 3.63) is 34.9 Å². The van der Waals surface area contributed by atoms with Gasteiger partial charge in [-0.05, 0) is 32.5 Å². The van der Waals surface area contributed by atoms with Crippen LogP contribution in [0, 0.1) is 18.6 Å². The second-order valence-electron chi connectivity index (χ2n) is 3.10. The van der Waals surface area contributed by atoms with E-state index in [0.717, 1.165) is 0 Å². The third-order valence-corrected chi connectivity index (χ3v) is 2.19. The number of hydrogen-bond acceptors (Lipinski definition) is 1. The molecule has 0 unspecified atom stereocenters. The molecular formula is C10H13F2N. The monoisotopic (exact) mass is 185 g/mol. The molecule has 0 heterocycles. The smallest absolute Gasteiger partial charge is 0.133 e. The molecule has 72 valence electrons. The zero-order valence-electron chi connectivity index (χ0n) is 7.99. The molecular weight excluding hydrogens is 172 g/mol. The van der Waals surface area contributed by atoms with Crippen LogP contribution in [-0.2, 0) is 0 Å². The lowest BCUT2D eigenvalue weighted by Gasteiger charge is -2.13. The van der Waals surface area contributed by atoms with Crippen LogP contribution in [0.4, 0.5) is 8.78 Å². The first kappa shape index (κ1) is 10.1. The van der Waals surface area contributed by atoms with Crippen molar-refractivity contribution >= 4 is 0 Å². The van der Waals surface area contributed by atoms with Gasteiger partial charge in [-0.3, -0.25) is 0 Å². The van der Waals surface area contributed by atoms with Crippen LogP contribution in [0.5, 0.6) is 0 Å². The molecule has 0 spiro atoms. The van der Waals surface area contributed by atoms with E-state index in [-0.39, 0.29) is 11.6 Å². The molecule has 0 fully saturated rings. The van der Waals surface area contributed by atoms with Crippen molar-refractivity contribution in [2.24, 2.45) is 0 Å². The Bertz CT molecular complexity index is 310. The second kappa shape index (κ2) is 3.83. The lowest BCUT2D eigenvalue weighted by atomic mass is 10.0. The van der Waals surface area contributed by atoms with Crippen LogP contribution < -0.4 is 5.32 Å². The Morgan fingerprint density at radius 2 is 1.92 bits per heavy atom. The van der Waals surface area contributed by atoms with Crippen molar-refractivity contribution in [3.8, 4) is 0 Å². The molecule has 1 rings (SSSR count). The van der Waals surface area contributed by atoms with E-state index in [1.807, 2.05) is 0 Å². The van der Waals surface area contributed by atoms with E-state index < -0.39 is 11.6 Å². The standard InChI is InChI=1S/C10H13F2N/c1-6-4-5-8(11)9(10(6)12)7(2)13-3/h4-5,7,13H,1-3H3/t7-/m1/s1. The highest BCUT2D eigenvalue weighted by Gasteiger charge is 2.15. The summed E-state index contributed by atoms with van der Waals surface area (Å²) in [6.07, 6.45) is 0. The molecule has 0 amide bonds. The van der Waals surface area contributed by atoms with E-state index >= 15 is 0 Å². The number of halogens is 2. The highest BCUT2D eigenvalue weighted by molar-refractivity contribution is 5.28. The summed E-state index contributed by atoms with van der Waals surface area (Å²) in [7, 11) is 1.67. The molecule has 1 nitrogen and oxygen atoms in total. The van der Waals surface area contributed by atoms with Crippen molar-refractivity contribution in [2.45, 2.75) is 19.9 Å². The molecule has 0 saturated heterocycles. The lowest BCUT2D eigenvalue weighted by Crippen LogP contribution is -2.16. The minimum Gasteiger partial charge on any atom is -0.313 e. The van der Waals surface area contributed by atoms with Gasteiger partial charge in [-0.25, -0.2) is 8.78 Å². The molecule has 0 aliphatic rings. The van der Waals surface area contributed by atoms with E-state index in [2.05, 4.69) is 5.32 Å². The zero-order valence-corrected chi connectivity index (χ0v) is 7.99. The van der Waals surface area contributed by atoms with E-state index in [9.17, 15) is 8.78 Å². The first-order chi connectivity index (χ1) is 6.07. The molecule has 1 N–H and O–H groups in total. The Kier molecular flexibility index (Phi) is 2.98. The Hall–Kier alpha value is -0.960. The molecule has 3 heteroatoms. The first-order valence-electron chi connectivity index (χ1n) is 4.19. The summed E-state index contributed by atoms with van der Waals surface area (Å²) < 4.78 is 26.6. The molecule has 1 atom stereocenters. The summed E-state index contributed by atoms with van der Waals surface area (Å²) in [6, 6.07) is 2.43. The van der Waals surface area contributed by atoms with E-state index in [1.54, 1.807) is 20.9 Å². The maximum absolute atomic E-state index is 13.4. The van der Waals surface area contributed by atoms with E-state index in [1.165, 1.54) is 12.1 Å². The van der Waals surface area contributed by atoms with Gasteiger partial charge in [0.05, 0.1) is 0 Å². The molecule has 1 aromatic carbocycles. The highest BCUT2D eigenvalue weighted by atomic mass is 19.1. The van der Waals surface area contributed by atoms with Crippen molar-refractivity contribution in [3.63, 3.8) is 0 Å². The van der Waals surface area contributed by atoms with Gasteiger partial charge in [-0.15, -0.1) is 0 Å². The lowest BCUT2D eigenvalue weighted by molar-refractivity contribution is 0.506. The quantitative estimate of drug-likeness (QED) is 0.746. The molecule has 1 aromatic rings. The van der Waals surface area contributed by atoms with Gasteiger partial charge in [-0.1, -0.05) is 6.07 Å². The normalized spacial score (nSPS) is 13.0. The molecule has 0 saturated carbocycles. The van der Waals surface area contributed by atoms with Gasteiger partial charge >= 0.3 is 0 Å². The van der Waals surface area contributed by atoms with Gasteiger partial charge in [0.2, 0.25) is 0 Å². The molecule has 13 heavy (non-hydrogen) atoms. The van der Waals surface area contributed by atoms with Crippen LogP contribution in [-0.4, -0.2) is 7.05 Å². The van der Waals surface area contributed by atoms with E-state index in [0.29, 0.717) is 5.56 Å². The summed E-state index contributed by atoms with van der Waals surface area (Å²) in [4.78, 5) is 0. The average Bonchev–Trinajstić information content (AvgIpc) is 2.12. The van der Waals surface area contributed by atoms with Crippen LogP contribution >= 0.6 is 0 Å². The average molecular weight is 185 g/mol. The maximum atomic E-state index is 13.4. The summed E-state index contributed by atoms with van der Waals surface area (Å²) in [5.41, 5.74) is 0.584. The van der Waals surface area contributed by atoms with Gasteiger partial charge in [0.1, 0.15) is 11.6 Å². The number of aryl methyl sites for hydroxylation is 1. The van der Waals surface area contributed by atoms with Crippen LogP contribution in [0.25, 0.3) is 0 Å². The Balaban J connectivity index is 3.25. The van der Waals surface area contributed by atoms with Crippen LogP contribution in [0.3, 0.4) is 0 Å². The Morgan fingerprint density at radius 1 is 1.31 bits per heavy atom. The molecule has 0 bridgehead atoms. The van der Waals surface area contributed by atoms with Gasteiger partial charge in [0.25, 0.3) is 0 Å². The molecule has 0 aliphatic carbocycles. The predicted octanol–water partition coefficient (Wildman–Crippen LogP) is 2.55. The van der Waals surface area contributed by atoms with Gasteiger partial charge in [0.15, 0.2) is 0 Å². The fraction of sp³-hybridized carbons (Fsp3) is 0.400. The summed E-state index contributed by atoms with van der Waals surface area (Å²) in [6.45, 7) is 3.35. The maximum Gasteiger partial charge on any atom is 0.133 e. The summed E-state index contributed by atoms with van der Waals surface area (Å²) >= 11 is 0. The minimum absolute atomic E-state index is 0.113. The predicted molar refractivity (Wildman–Crippen MR) is 48.6 cm³/mol. The van der Waals surface area contributed by atoms with Crippen molar-refractivity contribution < 1.29 is 8.78 Å². The SMILES string of the molecule is CN[C@H](C)c1c(F)ccc(C)c1F. The first-order valence-corrected chi connectivity index (χ1v) is 4.19. The topological polar surface area (TPSA) is 12.0 Å². The Morgan fingerprint density at radius 3 is 2.46 bits per heavy atom. The minimum atomic E-state index is -0.495. The van der Waals surface area contributed by atoms with Crippen LogP contribution in [0.2, 0.25) is 0 Å². The fourth-order valence-electron chi connectivity index (χ4n) is 1.22. The second-order valence-corrected chi connectivity index (χ2v) is 3.10. The van der Waals surface area contributed by atoms with Crippen molar-refractivity contribution in [1.29, 1.82) is 0 Å². The summed E-state index contributed by atoms with van der Waals surface area (Å²) in [5.74, 6) is -0.952. The largest absolute Gasteiger partial charge is 0.313 e. The molecule has 0 aliphatic heterocycles. The number of nitrogens with one attached hydrogen (secondary N) is 1. The van der Waals surface area contributed by atoms with Gasteiger partial charge in [-0.2, -0.15) is 0 Å². The van der Waals surface area contributed by atoms with Crippen LogP contribution in [0.1, 0.15) is 24.1 Å². The van der Waals surface area contributed by atoms with Crippen molar-refractivity contribution in [2.75, 3.05) is 7.05 Å². The third kappa shape index (κ3) is 1.86. The number of rotatable bonds is 2. The Labute approximate surface area is 76.8 Å². The number of hydrogen-bond donors (Lipinski definition) is 1. The third-order valence-electron chi connectivity index (χ3n) is 2.19. The van der Waals surface area contributed by atoms with Crippen LogP contribution in [0.15, 0.2) is 12.1 Å². The highest BCUT2D eigenvalue weighted by Crippen LogP contribution is 2.22. The fourth-order valence-corrected chi connectivity index (χ4v) is 1.22. The number of benzene rings is 1. The summed E-state index contributed by atoms with van der Waals surface area (Å²) in [5, 5.41) is 2.81. The molecule has 0 radical (unpaired) electrons. The van der Waals surface area contributed by atoms with Crippen molar-refractivity contribution in [1.82, 2.24) is 5.32 Å².